The van der Waals surface area contributed by atoms with Gasteiger partial charge in [-0.3, -0.25) is 0 Å². The van der Waals surface area contributed by atoms with Crippen molar-refractivity contribution in [3.05, 3.63) is 30.1 Å². The smallest absolute Gasteiger partial charge is 0.107 e. The summed E-state index contributed by atoms with van der Waals surface area (Å²) in [4.78, 5) is 8.13. The molecule has 1 aromatic carbocycles. The first kappa shape index (κ1) is 10.8. The molecule has 1 aliphatic carbocycles. The summed E-state index contributed by atoms with van der Waals surface area (Å²) in [5.41, 5.74) is 2.28. The van der Waals surface area contributed by atoms with Crippen LogP contribution in [0.1, 0.15) is 44.3 Å². The van der Waals surface area contributed by atoms with Crippen LogP contribution in [0.3, 0.4) is 0 Å². The number of benzene rings is 1. The summed E-state index contributed by atoms with van der Waals surface area (Å²) in [5, 5.41) is 0. The molecule has 0 amide bonds. The van der Waals surface area contributed by atoms with Crippen molar-refractivity contribution in [3.63, 3.8) is 0 Å². The van der Waals surface area contributed by atoms with E-state index in [1.807, 2.05) is 0 Å². The van der Waals surface area contributed by atoms with Gasteiger partial charge in [0.2, 0.25) is 0 Å². The van der Waals surface area contributed by atoms with Crippen LogP contribution in [-0.2, 0) is 6.42 Å². The maximum absolute atomic E-state index is 4.68. The summed E-state index contributed by atoms with van der Waals surface area (Å²) < 4.78 is 0. The van der Waals surface area contributed by atoms with E-state index in [0.717, 1.165) is 17.9 Å². The third-order valence-electron chi connectivity index (χ3n) is 3.90. The van der Waals surface area contributed by atoms with E-state index in [1.165, 1.54) is 49.9 Å². The van der Waals surface area contributed by atoms with Crippen molar-refractivity contribution in [1.29, 1.82) is 0 Å². The van der Waals surface area contributed by atoms with Gasteiger partial charge in [0.25, 0.3) is 0 Å². The van der Waals surface area contributed by atoms with E-state index < -0.39 is 0 Å². The standard InChI is InChI=1S/C15H20N2/c1-2-4-8-12(7-3-1)11-15-16-13-9-5-6-10-14(13)17-15/h5-6,9-10,12H,1-4,7-8,11H2,(H,16,17). The molecule has 1 N–H and O–H groups in total. The van der Waals surface area contributed by atoms with Gasteiger partial charge in [0.15, 0.2) is 0 Å². The van der Waals surface area contributed by atoms with E-state index in [2.05, 4.69) is 34.2 Å². The highest BCUT2D eigenvalue weighted by molar-refractivity contribution is 5.74. The quantitative estimate of drug-likeness (QED) is 0.771. The van der Waals surface area contributed by atoms with Crippen LogP contribution in [0.5, 0.6) is 0 Å². The first-order valence-electron chi connectivity index (χ1n) is 6.85. The molecule has 0 saturated heterocycles. The topological polar surface area (TPSA) is 28.7 Å². The van der Waals surface area contributed by atoms with Gasteiger partial charge in [-0.1, -0.05) is 50.7 Å². The van der Waals surface area contributed by atoms with E-state index in [9.17, 15) is 0 Å². The zero-order valence-electron chi connectivity index (χ0n) is 10.3. The van der Waals surface area contributed by atoms with E-state index in [1.54, 1.807) is 0 Å². The Morgan fingerprint density at radius 1 is 1.06 bits per heavy atom. The number of nitrogens with one attached hydrogen (secondary N) is 1. The fourth-order valence-corrected chi connectivity index (χ4v) is 2.94. The number of nitrogens with zero attached hydrogens (tertiary/aromatic N) is 1. The Morgan fingerprint density at radius 3 is 2.59 bits per heavy atom. The maximum Gasteiger partial charge on any atom is 0.107 e. The number of hydrogen-bond acceptors (Lipinski definition) is 1. The summed E-state index contributed by atoms with van der Waals surface area (Å²) >= 11 is 0. The fraction of sp³-hybridized carbons (Fsp3) is 0.533. The normalized spacial score (nSPS) is 18.4. The number of fused-ring (bicyclic) bond motifs is 1. The zero-order valence-corrected chi connectivity index (χ0v) is 10.3. The third-order valence-corrected chi connectivity index (χ3v) is 3.90. The molecular weight excluding hydrogens is 208 g/mol. The Labute approximate surface area is 102 Å². The molecule has 1 fully saturated rings. The number of aromatic nitrogens is 2. The molecule has 0 radical (unpaired) electrons. The van der Waals surface area contributed by atoms with E-state index in [0.29, 0.717) is 0 Å². The first-order valence-corrected chi connectivity index (χ1v) is 6.85. The predicted octanol–water partition coefficient (Wildman–Crippen LogP) is 4.08. The molecule has 90 valence electrons. The maximum atomic E-state index is 4.68. The van der Waals surface area contributed by atoms with Crippen LogP contribution in [0, 0.1) is 5.92 Å². The lowest BCUT2D eigenvalue weighted by atomic mass is 9.96. The molecule has 2 aromatic rings. The lowest BCUT2D eigenvalue weighted by Gasteiger charge is -2.11. The van der Waals surface area contributed by atoms with Gasteiger partial charge >= 0.3 is 0 Å². The molecule has 0 bridgehead atoms. The number of para-hydroxylation sites is 2. The number of aromatic amines is 1. The Balaban J connectivity index is 1.75. The van der Waals surface area contributed by atoms with E-state index in [4.69, 9.17) is 0 Å². The highest BCUT2D eigenvalue weighted by Gasteiger charge is 2.14. The molecule has 2 nitrogen and oxygen atoms in total. The van der Waals surface area contributed by atoms with Gasteiger partial charge < -0.3 is 4.98 Å². The van der Waals surface area contributed by atoms with Crippen molar-refractivity contribution in [2.24, 2.45) is 5.92 Å². The predicted molar refractivity (Wildman–Crippen MR) is 71.0 cm³/mol. The van der Waals surface area contributed by atoms with Crippen molar-refractivity contribution in [3.8, 4) is 0 Å². The van der Waals surface area contributed by atoms with Crippen LogP contribution in [-0.4, -0.2) is 9.97 Å². The minimum Gasteiger partial charge on any atom is -0.342 e. The molecule has 0 aliphatic heterocycles. The highest BCUT2D eigenvalue weighted by Crippen LogP contribution is 2.25. The molecule has 0 spiro atoms. The Morgan fingerprint density at radius 2 is 1.82 bits per heavy atom. The van der Waals surface area contributed by atoms with Crippen LogP contribution in [0.15, 0.2) is 24.3 Å². The zero-order chi connectivity index (χ0) is 11.5. The molecule has 17 heavy (non-hydrogen) atoms. The van der Waals surface area contributed by atoms with Gasteiger partial charge in [-0.25, -0.2) is 4.98 Å². The summed E-state index contributed by atoms with van der Waals surface area (Å²) in [6.07, 6.45) is 9.58. The lowest BCUT2D eigenvalue weighted by molar-refractivity contribution is 0.450. The van der Waals surface area contributed by atoms with Crippen molar-refractivity contribution in [1.82, 2.24) is 9.97 Å². The minimum absolute atomic E-state index is 0.845. The Bertz CT molecular complexity index is 445. The summed E-state index contributed by atoms with van der Waals surface area (Å²) in [6.45, 7) is 0. The molecular formula is C15H20N2. The second-order valence-corrected chi connectivity index (χ2v) is 5.26. The average molecular weight is 228 g/mol. The fourth-order valence-electron chi connectivity index (χ4n) is 2.94. The van der Waals surface area contributed by atoms with Gasteiger partial charge in [-0.15, -0.1) is 0 Å². The molecule has 3 rings (SSSR count). The van der Waals surface area contributed by atoms with Gasteiger partial charge in [0.05, 0.1) is 11.0 Å². The SMILES string of the molecule is c1ccc2[nH]c(CC3CCCCCC3)nc2c1. The summed E-state index contributed by atoms with van der Waals surface area (Å²) in [6, 6.07) is 8.32. The van der Waals surface area contributed by atoms with Crippen LogP contribution >= 0.6 is 0 Å². The van der Waals surface area contributed by atoms with Crippen LogP contribution in [0.2, 0.25) is 0 Å². The van der Waals surface area contributed by atoms with Crippen molar-refractivity contribution in [2.75, 3.05) is 0 Å². The Kier molecular flexibility index (Phi) is 3.12. The van der Waals surface area contributed by atoms with Gasteiger partial charge in [-0.2, -0.15) is 0 Å². The second-order valence-electron chi connectivity index (χ2n) is 5.26. The number of rotatable bonds is 2. The highest BCUT2D eigenvalue weighted by atomic mass is 14.9. The van der Waals surface area contributed by atoms with Crippen molar-refractivity contribution >= 4 is 11.0 Å². The molecule has 0 unspecified atom stereocenters. The monoisotopic (exact) mass is 228 g/mol. The summed E-state index contributed by atoms with van der Waals surface area (Å²) in [7, 11) is 0. The summed E-state index contributed by atoms with van der Waals surface area (Å²) in [5.74, 6) is 2.02. The Hall–Kier alpha value is -1.31. The van der Waals surface area contributed by atoms with Crippen LogP contribution < -0.4 is 0 Å². The number of imidazole rings is 1. The van der Waals surface area contributed by atoms with Gasteiger partial charge in [0.1, 0.15) is 5.82 Å². The average Bonchev–Trinajstić information content (AvgIpc) is 2.57. The van der Waals surface area contributed by atoms with Crippen LogP contribution in [0.25, 0.3) is 11.0 Å². The molecule has 1 aromatic heterocycles. The van der Waals surface area contributed by atoms with Gasteiger partial charge in [0, 0.05) is 6.42 Å². The second kappa shape index (κ2) is 4.91. The van der Waals surface area contributed by atoms with Crippen LogP contribution in [0.4, 0.5) is 0 Å². The van der Waals surface area contributed by atoms with E-state index in [-0.39, 0.29) is 0 Å². The number of H-pyrrole nitrogens is 1. The first-order chi connectivity index (χ1) is 8.42. The van der Waals surface area contributed by atoms with Crippen molar-refractivity contribution < 1.29 is 0 Å². The third kappa shape index (κ3) is 2.51. The molecule has 1 aliphatic rings. The molecule has 0 atom stereocenters. The van der Waals surface area contributed by atoms with Crippen molar-refractivity contribution in [2.45, 2.75) is 44.9 Å². The van der Waals surface area contributed by atoms with Gasteiger partial charge in [-0.05, 0) is 18.1 Å². The molecule has 1 heterocycles. The van der Waals surface area contributed by atoms with E-state index >= 15 is 0 Å². The molecule has 2 heteroatoms. The molecule has 1 saturated carbocycles. The number of hydrogen-bond donors (Lipinski definition) is 1. The minimum atomic E-state index is 0.845. The lowest BCUT2D eigenvalue weighted by Crippen LogP contribution is -2.04. The largest absolute Gasteiger partial charge is 0.342 e.